The van der Waals surface area contributed by atoms with E-state index in [1.807, 2.05) is 18.2 Å². The summed E-state index contributed by atoms with van der Waals surface area (Å²) in [5.41, 5.74) is 2.12. The van der Waals surface area contributed by atoms with Crippen LogP contribution in [0.1, 0.15) is 24.5 Å². The minimum Gasteiger partial charge on any atom is -0.450 e. The summed E-state index contributed by atoms with van der Waals surface area (Å²) in [6.45, 7) is 8.25. The fourth-order valence-electron chi connectivity index (χ4n) is 4.02. The van der Waals surface area contributed by atoms with Gasteiger partial charge in [-0.05, 0) is 32.0 Å². The number of hydrogen-bond acceptors (Lipinski definition) is 9. The smallest absolute Gasteiger partial charge is 0.409 e. The molecule has 2 fully saturated rings. The molecule has 0 bridgehead atoms. The maximum atomic E-state index is 13.0. The number of ether oxygens (including phenoxy) is 2. The van der Waals surface area contributed by atoms with Crippen LogP contribution in [-0.4, -0.2) is 114 Å². The molecular formula is C22H29N7O5. The van der Waals surface area contributed by atoms with E-state index >= 15 is 0 Å². The third-order valence-corrected chi connectivity index (χ3v) is 5.89. The Labute approximate surface area is 197 Å². The molecule has 12 nitrogen and oxygen atoms in total. The van der Waals surface area contributed by atoms with Gasteiger partial charge in [-0.2, -0.15) is 0 Å². The maximum Gasteiger partial charge on any atom is 0.409 e. The quantitative estimate of drug-likeness (QED) is 0.648. The number of piperazine rings is 2. The van der Waals surface area contributed by atoms with Crippen LogP contribution in [0.2, 0.25) is 0 Å². The normalized spacial score (nSPS) is 16.5. The highest BCUT2D eigenvalue weighted by Crippen LogP contribution is 2.21. The van der Waals surface area contributed by atoms with Gasteiger partial charge < -0.3 is 29.1 Å². The number of rotatable bonds is 4. The van der Waals surface area contributed by atoms with Gasteiger partial charge in [0.05, 0.1) is 18.7 Å². The van der Waals surface area contributed by atoms with Crippen LogP contribution in [0.3, 0.4) is 0 Å². The van der Waals surface area contributed by atoms with Crippen molar-refractivity contribution in [2.45, 2.75) is 13.8 Å². The Morgan fingerprint density at radius 2 is 1.32 bits per heavy atom. The lowest BCUT2D eigenvalue weighted by Crippen LogP contribution is -2.51. The highest BCUT2D eigenvalue weighted by Gasteiger charge is 2.27. The molecule has 0 saturated carbocycles. The van der Waals surface area contributed by atoms with E-state index in [9.17, 15) is 14.4 Å². The summed E-state index contributed by atoms with van der Waals surface area (Å²) in [6.07, 6.45) is -0.655. The zero-order chi connectivity index (χ0) is 24.1. The molecule has 2 aromatic rings. The van der Waals surface area contributed by atoms with E-state index in [0.717, 1.165) is 5.69 Å². The van der Waals surface area contributed by atoms with E-state index in [-0.39, 0.29) is 23.9 Å². The highest BCUT2D eigenvalue weighted by atomic mass is 16.6. The number of benzene rings is 1. The molecule has 0 aliphatic carbocycles. The van der Waals surface area contributed by atoms with Crippen LogP contribution >= 0.6 is 0 Å². The van der Waals surface area contributed by atoms with E-state index in [1.54, 1.807) is 28.5 Å². The van der Waals surface area contributed by atoms with Gasteiger partial charge in [0, 0.05) is 58.0 Å². The number of carbonyl (C=O) groups is 3. The van der Waals surface area contributed by atoms with E-state index in [2.05, 4.69) is 20.1 Å². The van der Waals surface area contributed by atoms with E-state index < -0.39 is 0 Å². The van der Waals surface area contributed by atoms with E-state index in [4.69, 9.17) is 9.47 Å². The van der Waals surface area contributed by atoms with Crippen molar-refractivity contribution in [3.8, 4) is 0 Å². The zero-order valence-electron chi connectivity index (χ0n) is 19.5. The summed E-state index contributed by atoms with van der Waals surface area (Å²) in [5.74, 6) is -0.285. The second-order valence-electron chi connectivity index (χ2n) is 7.96. The Bertz CT molecular complexity index is 1050. The molecule has 1 aromatic heterocycles. The Balaban J connectivity index is 1.41. The van der Waals surface area contributed by atoms with Crippen LogP contribution in [0.5, 0.6) is 0 Å². The number of fused-ring (bicyclic) bond motifs is 1. The third kappa shape index (κ3) is 5.10. The van der Waals surface area contributed by atoms with Gasteiger partial charge in [-0.3, -0.25) is 4.79 Å². The summed E-state index contributed by atoms with van der Waals surface area (Å²) in [7, 11) is 0. The van der Waals surface area contributed by atoms with Crippen molar-refractivity contribution in [2.75, 3.05) is 70.5 Å². The fourth-order valence-corrected chi connectivity index (χ4v) is 4.02. The molecule has 4 rings (SSSR count). The second kappa shape index (κ2) is 10.5. The predicted molar refractivity (Wildman–Crippen MR) is 123 cm³/mol. The number of carbonyl (C=O) groups excluding carboxylic acids is 3. The van der Waals surface area contributed by atoms with Crippen LogP contribution in [0.4, 0.5) is 15.3 Å². The molecule has 0 atom stereocenters. The number of aromatic nitrogens is 3. The van der Waals surface area contributed by atoms with Crippen LogP contribution in [0.15, 0.2) is 18.2 Å². The standard InChI is InChI=1S/C22H29N7O5/c1-3-33-21(31)28-11-7-26(8-12-28)16-5-6-17-18(15-16)23-19(25-24-17)20(30)27-9-13-29(14-10-27)22(32)34-4-2/h5-6,15H,3-4,7-14H2,1-2H3. The lowest BCUT2D eigenvalue weighted by atomic mass is 10.2. The number of nitrogens with zero attached hydrogens (tertiary/aromatic N) is 7. The lowest BCUT2D eigenvalue weighted by molar-refractivity contribution is 0.0560. The molecule has 0 radical (unpaired) electrons. The summed E-state index contributed by atoms with van der Waals surface area (Å²) < 4.78 is 10.1. The Hall–Kier alpha value is -3.70. The second-order valence-corrected chi connectivity index (χ2v) is 7.96. The van der Waals surface area contributed by atoms with Crippen molar-refractivity contribution in [1.82, 2.24) is 29.9 Å². The first-order valence-corrected chi connectivity index (χ1v) is 11.5. The molecule has 182 valence electrons. The summed E-state index contributed by atoms with van der Waals surface area (Å²) in [5, 5.41) is 8.20. The highest BCUT2D eigenvalue weighted by molar-refractivity contribution is 5.92. The Morgan fingerprint density at radius 3 is 1.91 bits per heavy atom. The number of anilines is 1. The third-order valence-electron chi connectivity index (χ3n) is 5.89. The van der Waals surface area contributed by atoms with Gasteiger partial charge in [-0.15, -0.1) is 10.2 Å². The first-order chi connectivity index (χ1) is 16.5. The van der Waals surface area contributed by atoms with Gasteiger partial charge in [0.2, 0.25) is 5.82 Å². The van der Waals surface area contributed by atoms with Crippen LogP contribution in [0, 0.1) is 0 Å². The van der Waals surface area contributed by atoms with Crippen molar-refractivity contribution in [3.63, 3.8) is 0 Å². The molecule has 2 saturated heterocycles. The van der Waals surface area contributed by atoms with Crippen molar-refractivity contribution in [3.05, 3.63) is 24.0 Å². The van der Waals surface area contributed by atoms with Crippen molar-refractivity contribution < 1.29 is 23.9 Å². The minimum atomic E-state index is -0.367. The lowest BCUT2D eigenvalue weighted by Gasteiger charge is -2.35. The summed E-state index contributed by atoms with van der Waals surface area (Å²) >= 11 is 0. The van der Waals surface area contributed by atoms with Gasteiger partial charge in [0.1, 0.15) is 5.52 Å². The minimum absolute atomic E-state index is 0.0290. The number of amides is 3. The monoisotopic (exact) mass is 471 g/mol. The average molecular weight is 472 g/mol. The largest absolute Gasteiger partial charge is 0.450 e. The van der Waals surface area contributed by atoms with Crippen LogP contribution < -0.4 is 4.90 Å². The molecule has 3 amide bonds. The van der Waals surface area contributed by atoms with Gasteiger partial charge in [-0.25, -0.2) is 14.6 Å². The molecule has 0 N–H and O–H groups in total. The van der Waals surface area contributed by atoms with Gasteiger partial charge in [0.15, 0.2) is 0 Å². The van der Waals surface area contributed by atoms with Gasteiger partial charge in [0.25, 0.3) is 5.91 Å². The predicted octanol–water partition coefficient (Wildman–Crippen LogP) is 1.22. The molecule has 1 aromatic carbocycles. The Morgan fingerprint density at radius 1 is 0.765 bits per heavy atom. The molecule has 0 spiro atoms. The zero-order valence-corrected chi connectivity index (χ0v) is 19.5. The van der Waals surface area contributed by atoms with Crippen LogP contribution in [0.25, 0.3) is 11.0 Å². The average Bonchev–Trinajstić information content (AvgIpc) is 2.88. The molecular weight excluding hydrogens is 442 g/mol. The van der Waals surface area contributed by atoms with Crippen LogP contribution in [-0.2, 0) is 9.47 Å². The van der Waals surface area contributed by atoms with E-state index in [1.165, 1.54) is 0 Å². The van der Waals surface area contributed by atoms with Crippen molar-refractivity contribution in [2.24, 2.45) is 0 Å². The molecule has 2 aliphatic rings. The van der Waals surface area contributed by atoms with Gasteiger partial charge in [-0.1, -0.05) is 0 Å². The number of hydrogen-bond donors (Lipinski definition) is 0. The first-order valence-electron chi connectivity index (χ1n) is 11.5. The van der Waals surface area contributed by atoms with E-state index in [0.29, 0.717) is 76.6 Å². The topological polar surface area (TPSA) is 121 Å². The van der Waals surface area contributed by atoms with Gasteiger partial charge >= 0.3 is 12.2 Å². The fraction of sp³-hybridized carbons (Fsp3) is 0.545. The molecule has 12 heteroatoms. The molecule has 0 unspecified atom stereocenters. The molecule has 34 heavy (non-hydrogen) atoms. The van der Waals surface area contributed by atoms with Crippen molar-refractivity contribution in [1.29, 1.82) is 0 Å². The first kappa shape index (κ1) is 23.5. The SMILES string of the molecule is CCOC(=O)N1CCN(C(=O)c2nnc3ccc(N4CCN(C(=O)OCC)CC4)cc3n2)CC1. The summed E-state index contributed by atoms with van der Waals surface area (Å²) in [4.78, 5) is 48.3. The summed E-state index contributed by atoms with van der Waals surface area (Å²) in [6, 6.07) is 5.66. The maximum absolute atomic E-state index is 13.0. The molecule has 2 aliphatic heterocycles. The molecule has 3 heterocycles. The van der Waals surface area contributed by atoms with Crippen molar-refractivity contribution >= 4 is 34.8 Å². The Kier molecular flexibility index (Phi) is 7.24.